The maximum absolute atomic E-state index is 12.7. The zero-order chi connectivity index (χ0) is 19.5. The lowest BCUT2D eigenvalue weighted by Gasteiger charge is -2.11. The Labute approximate surface area is 168 Å². The zero-order valence-electron chi connectivity index (χ0n) is 15.3. The molecule has 4 rings (SSSR count). The number of aromatic nitrogens is 2. The van der Waals surface area contributed by atoms with Crippen LogP contribution >= 0.6 is 11.6 Å². The number of amides is 1. The third-order valence-electron chi connectivity index (χ3n) is 4.61. The van der Waals surface area contributed by atoms with Gasteiger partial charge >= 0.3 is 0 Å². The van der Waals surface area contributed by atoms with Gasteiger partial charge in [0, 0.05) is 32.2 Å². The van der Waals surface area contributed by atoms with Crippen LogP contribution < -0.4 is 4.74 Å². The predicted molar refractivity (Wildman–Crippen MR) is 109 cm³/mol. The summed E-state index contributed by atoms with van der Waals surface area (Å²) in [6.45, 7) is 0.868. The van der Waals surface area contributed by atoms with E-state index in [-0.39, 0.29) is 5.91 Å². The number of nitrogens with zero attached hydrogens (tertiary/aromatic N) is 3. The molecule has 28 heavy (non-hydrogen) atoms. The molecule has 0 radical (unpaired) electrons. The van der Waals surface area contributed by atoms with Gasteiger partial charge in [0.05, 0.1) is 16.3 Å². The van der Waals surface area contributed by atoms with Gasteiger partial charge in [0.15, 0.2) is 0 Å². The monoisotopic (exact) mass is 391 g/mol. The summed E-state index contributed by atoms with van der Waals surface area (Å²) in [7, 11) is 1.79. The minimum absolute atomic E-state index is 0.0206. The Morgan fingerprint density at radius 3 is 2.64 bits per heavy atom. The first kappa shape index (κ1) is 18.2. The molecule has 2 aromatic heterocycles. The first-order valence-electron chi connectivity index (χ1n) is 8.85. The molecule has 0 aliphatic carbocycles. The quantitative estimate of drug-likeness (QED) is 0.657. The molecule has 0 unspecified atom stereocenters. The number of carbonyl (C=O) groups excluding carboxylic acids is 1. The molecule has 1 aliphatic rings. The summed E-state index contributed by atoms with van der Waals surface area (Å²) in [5.41, 5.74) is 4.07. The third-order valence-corrected chi connectivity index (χ3v) is 4.92. The van der Waals surface area contributed by atoms with E-state index in [2.05, 4.69) is 9.97 Å². The van der Waals surface area contributed by atoms with Crippen LogP contribution in [0.15, 0.2) is 67.1 Å². The van der Waals surface area contributed by atoms with Crippen LogP contribution in [-0.2, 0) is 11.4 Å². The van der Waals surface area contributed by atoms with Gasteiger partial charge in [0.1, 0.15) is 12.4 Å². The fraction of sp³-hybridized carbons (Fsp3) is 0.136. The Bertz CT molecular complexity index is 1040. The van der Waals surface area contributed by atoms with E-state index < -0.39 is 0 Å². The van der Waals surface area contributed by atoms with Crippen molar-refractivity contribution in [2.45, 2.75) is 6.61 Å². The van der Waals surface area contributed by atoms with E-state index in [1.165, 1.54) is 0 Å². The van der Waals surface area contributed by atoms with Crippen molar-refractivity contribution in [1.29, 1.82) is 0 Å². The molecule has 0 N–H and O–H groups in total. The smallest absolute Gasteiger partial charge is 0.254 e. The molecule has 1 amide bonds. The Morgan fingerprint density at radius 1 is 1.11 bits per heavy atom. The lowest BCUT2D eigenvalue weighted by molar-refractivity contribution is -0.122. The van der Waals surface area contributed by atoms with Gasteiger partial charge in [0.25, 0.3) is 5.91 Å². The Morgan fingerprint density at radius 2 is 1.93 bits per heavy atom. The highest BCUT2D eigenvalue weighted by Gasteiger charge is 2.30. The molecule has 0 spiro atoms. The summed E-state index contributed by atoms with van der Waals surface area (Å²) in [4.78, 5) is 22.7. The maximum atomic E-state index is 12.7. The molecular weight excluding hydrogens is 374 g/mol. The summed E-state index contributed by atoms with van der Waals surface area (Å²) >= 11 is 6.57. The van der Waals surface area contributed by atoms with Crippen molar-refractivity contribution in [1.82, 2.24) is 14.9 Å². The number of ether oxygens (including phenoxy) is 1. The third kappa shape index (κ3) is 3.62. The summed E-state index contributed by atoms with van der Waals surface area (Å²) in [6, 6.07) is 14.9. The first-order chi connectivity index (χ1) is 13.6. The second-order valence-electron chi connectivity index (χ2n) is 6.50. The van der Waals surface area contributed by atoms with Gasteiger partial charge in [-0.1, -0.05) is 17.7 Å². The maximum Gasteiger partial charge on any atom is 0.254 e. The van der Waals surface area contributed by atoms with Crippen molar-refractivity contribution in [3.63, 3.8) is 0 Å². The van der Waals surface area contributed by atoms with Crippen LogP contribution in [0.2, 0.25) is 5.02 Å². The van der Waals surface area contributed by atoms with Crippen molar-refractivity contribution >= 4 is 28.7 Å². The average molecular weight is 392 g/mol. The van der Waals surface area contributed by atoms with E-state index in [0.29, 0.717) is 29.5 Å². The largest absolute Gasteiger partial charge is 0.487 e. The molecule has 1 aromatic carbocycles. The molecule has 0 atom stereocenters. The van der Waals surface area contributed by atoms with E-state index in [1.54, 1.807) is 36.6 Å². The fourth-order valence-corrected chi connectivity index (χ4v) is 3.50. The minimum atomic E-state index is -0.0206. The van der Waals surface area contributed by atoms with Gasteiger partial charge in [-0.3, -0.25) is 14.8 Å². The summed E-state index contributed by atoms with van der Waals surface area (Å²) in [6.07, 6.45) is 5.10. The van der Waals surface area contributed by atoms with Crippen LogP contribution in [-0.4, -0.2) is 34.4 Å². The highest BCUT2D eigenvalue weighted by atomic mass is 35.5. The van der Waals surface area contributed by atoms with Gasteiger partial charge in [-0.05, 0) is 59.2 Å². The summed E-state index contributed by atoms with van der Waals surface area (Å²) in [5.74, 6) is 0.635. The van der Waals surface area contributed by atoms with E-state index in [9.17, 15) is 4.79 Å². The van der Waals surface area contributed by atoms with Crippen LogP contribution in [0, 0.1) is 0 Å². The standard InChI is InChI=1S/C22H18ClN3O2/c1-26-13-19(21(22(26)27)15-7-10-24-11-8-15)18-6-5-17(12-20(18)23)28-14-16-4-2-3-9-25-16/h2-12H,13-14H2,1H3. The fourth-order valence-electron chi connectivity index (χ4n) is 3.22. The summed E-state index contributed by atoms with van der Waals surface area (Å²) < 4.78 is 5.80. The molecule has 0 saturated carbocycles. The lowest BCUT2D eigenvalue weighted by Crippen LogP contribution is -2.21. The van der Waals surface area contributed by atoms with Crippen LogP contribution in [0.25, 0.3) is 11.1 Å². The van der Waals surface area contributed by atoms with Crippen LogP contribution in [0.4, 0.5) is 0 Å². The van der Waals surface area contributed by atoms with Crippen LogP contribution in [0.1, 0.15) is 16.8 Å². The molecule has 0 bridgehead atoms. The molecule has 6 heteroatoms. The molecule has 0 saturated heterocycles. The Kier molecular flexibility index (Phi) is 5.08. The number of carbonyl (C=O) groups is 1. The molecule has 1 aliphatic heterocycles. The first-order valence-corrected chi connectivity index (χ1v) is 9.23. The number of hydrogen-bond donors (Lipinski definition) is 0. The van der Waals surface area contributed by atoms with E-state index in [1.807, 2.05) is 42.5 Å². The number of hydrogen-bond acceptors (Lipinski definition) is 4. The minimum Gasteiger partial charge on any atom is -0.487 e. The molecule has 3 aromatic rings. The van der Waals surface area contributed by atoms with Crippen molar-refractivity contribution in [3.05, 3.63) is 89.0 Å². The van der Waals surface area contributed by atoms with Crippen LogP contribution in [0.3, 0.4) is 0 Å². The van der Waals surface area contributed by atoms with Gasteiger partial charge in [-0.25, -0.2) is 0 Å². The van der Waals surface area contributed by atoms with E-state index in [4.69, 9.17) is 16.3 Å². The molecule has 3 heterocycles. The Hall–Kier alpha value is -3.18. The number of halogens is 1. The van der Waals surface area contributed by atoms with E-state index >= 15 is 0 Å². The highest BCUT2D eigenvalue weighted by Crippen LogP contribution is 2.37. The van der Waals surface area contributed by atoms with Gasteiger partial charge < -0.3 is 9.64 Å². The normalized spacial score (nSPS) is 13.9. The molecule has 140 valence electrons. The number of benzene rings is 1. The zero-order valence-corrected chi connectivity index (χ0v) is 16.1. The topological polar surface area (TPSA) is 55.3 Å². The number of likely N-dealkylation sites (N-methyl/N-ethyl adjacent to an activating group) is 1. The summed E-state index contributed by atoms with van der Waals surface area (Å²) in [5, 5.41) is 0.545. The SMILES string of the molecule is CN1CC(c2ccc(OCc3ccccn3)cc2Cl)=C(c2ccncc2)C1=O. The van der Waals surface area contributed by atoms with Crippen molar-refractivity contribution < 1.29 is 9.53 Å². The highest BCUT2D eigenvalue weighted by molar-refractivity contribution is 6.35. The van der Waals surface area contributed by atoms with Crippen molar-refractivity contribution in [3.8, 4) is 5.75 Å². The molecule has 5 nitrogen and oxygen atoms in total. The second-order valence-corrected chi connectivity index (χ2v) is 6.91. The van der Waals surface area contributed by atoms with Gasteiger partial charge in [-0.15, -0.1) is 0 Å². The predicted octanol–water partition coefficient (Wildman–Crippen LogP) is 4.09. The van der Waals surface area contributed by atoms with Crippen LogP contribution in [0.5, 0.6) is 5.75 Å². The average Bonchev–Trinajstić information content (AvgIpc) is 3.02. The van der Waals surface area contributed by atoms with Crippen molar-refractivity contribution in [2.24, 2.45) is 0 Å². The Balaban J connectivity index is 1.64. The van der Waals surface area contributed by atoms with E-state index in [0.717, 1.165) is 22.4 Å². The van der Waals surface area contributed by atoms with Crippen molar-refractivity contribution in [2.75, 3.05) is 13.6 Å². The number of rotatable bonds is 5. The lowest BCUT2D eigenvalue weighted by atomic mass is 9.97. The number of pyridine rings is 2. The van der Waals surface area contributed by atoms with Gasteiger partial charge in [0.2, 0.25) is 0 Å². The molecular formula is C22H18ClN3O2. The van der Waals surface area contributed by atoms with Gasteiger partial charge in [-0.2, -0.15) is 0 Å². The second kappa shape index (κ2) is 7.82. The molecule has 0 fully saturated rings.